The molecule has 0 aliphatic carbocycles. The van der Waals surface area contributed by atoms with Crippen molar-refractivity contribution in [1.29, 1.82) is 0 Å². The number of ether oxygens (including phenoxy) is 2. The van der Waals surface area contributed by atoms with E-state index in [2.05, 4.69) is 20.1 Å². The molecule has 2 aromatic carbocycles. The van der Waals surface area contributed by atoms with Gasteiger partial charge in [-0.15, -0.1) is 0 Å². The maximum Gasteiger partial charge on any atom is 0.330 e. The Morgan fingerprint density at radius 1 is 0.632 bits per heavy atom. The zero-order valence-corrected chi connectivity index (χ0v) is 22.7. The van der Waals surface area contributed by atoms with Crippen molar-refractivity contribution in [3.63, 3.8) is 0 Å². The fraction of sp³-hybridized carbons (Fsp3) is 0.333. The van der Waals surface area contributed by atoms with E-state index in [0.717, 1.165) is 0 Å². The fourth-order valence-corrected chi connectivity index (χ4v) is 3.66. The molecule has 2 atom stereocenters. The third-order valence-corrected chi connectivity index (χ3v) is 5.95. The summed E-state index contributed by atoms with van der Waals surface area (Å²) in [7, 11) is 2.58. The molecule has 0 aromatic heterocycles. The second-order valence-corrected chi connectivity index (χ2v) is 9.34. The molecule has 0 heterocycles. The predicted molar refractivity (Wildman–Crippen MR) is 146 cm³/mol. The molecule has 202 valence electrons. The van der Waals surface area contributed by atoms with E-state index < -0.39 is 24.0 Å². The molecule has 0 unspecified atom stereocenters. The van der Waals surface area contributed by atoms with Crippen LogP contribution in [0.1, 0.15) is 48.4 Å². The van der Waals surface area contributed by atoms with Crippen LogP contribution in [0.3, 0.4) is 0 Å². The lowest BCUT2D eigenvalue weighted by atomic mass is 9.93. The van der Waals surface area contributed by atoms with Gasteiger partial charge >= 0.3 is 11.9 Å². The molecular formula is C30H36N2O6. The van der Waals surface area contributed by atoms with Crippen LogP contribution in [0.4, 0.5) is 0 Å². The summed E-state index contributed by atoms with van der Waals surface area (Å²) in [6, 6.07) is 13.2. The average molecular weight is 521 g/mol. The summed E-state index contributed by atoms with van der Waals surface area (Å²) in [6.45, 7) is 7.71. The number of amides is 2. The molecule has 0 spiro atoms. The molecule has 0 radical (unpaired) electrons. The number of carbonyl (C=O) groups excluding carboxylic acids is 4. The highest BCUT2D eigenvalue weighted by Crippen LogP contribution is 2.28. The number of nitrogens with one attached hydrogen (secondary N) is 2. The smallest absolute Gasteiger partial charge is 0.330 e. The molecule has 0 fully saturated rings. The molecule has 0 saturated heterocycles. The van der Waals surface area contributed by atoms with Crippen molar-refractivity contribution in [2.75, 3.05) is 14.2 Å². The first-order chi connectivity index (χ1) is 18.1. The standard InChI is InChI=1S/C30H36N2O6/c1-19(2)25(15-17-27(33)37-5)31-29(35)23-13-9-7-11-21(23)22-12-8-10-14-24(22)30(36)32-26(20(3)4)16-18-28(34)38-6/h7-20,25-26H,1-6H3,(H,31,35)(H,32,36)/b17-15+,18-16+/t25-,26-/m1/s1. The van der Waals surface area contributed by atoms with Crippen molar-refractivity contribution in [2.24, 2.45) is 11.8 Å². The van der Waals surface area contributed by atoms with E-state index in [4.69, 9.17) is 0 Å². The molecule has 38 heavy (non-hydrogen) atoms. The Morgan fingerprint density at radius 3 is 1.29 bits per heavy atom. The molecule has 0 bridgehead atoms. The van der Waals surface area contributed by atoms with Gasteiger partial charge in [-0.3, -0.25) is 9.59 Å². The lowest BCUT2D eigenvalue weighted by Crippen LogP contribution is -2.38. The van der Waals surface area contributed by atoms with Crippen LogP contribution in [0.2, 0.25) is 0 Å². The van der Waals surface area contributed by atoms with Crippen molar-refractivity contribution in [2.45, 2.75) is 39.8 Å². The molecule has 8 nitrogen and oxygen atoms in total. The summed E-state index contributed by atoms with van der Waals surface area (Å²) in [5.41, 5.74) is 1.94. The molecule has 0 aliphatic rings. The van der Waals surface area contributed by atoms with E-state index in [9.17, 15) is 19.2 Å². The van der Waals surface area contributed by atoms with Crippen molar-refractivity contribution >= 4 is 23.8 Å². The van der Waals surface area contributed by atoms with E-state index in [1.54, 1.807) is 60.7 Å². The molecule has 8 heteroatoms. The summed E-state index contributed by atoms with van der Waals surface area (Å²) in [4.78, 5) is 49.9. The summed E-state index contributed by atoms with van der Waals surface area (Å²) in [5, 5.41) is 5.93. The van der Waals surface area contributed by atoms with Crippen LogP contribution in [-0.2, 0) is 19.1 Å². The quantitative estimate of drug-likeness (QED) is 0.337. The number of hydrogen-bond donors (Lipinski definition) is 2. The number of carbonyl (C=O) groups is 4. The maximum atomic E-state index is 13.4. The van der Waals surface area contributed by atoms with Crippen LogP contribution in [0, 0.1) is 11.8 Å². The normalized spacial score (nSPS) is 12.9. The van der Waals surface area contributed by atoms with Crippen LogP contribution in [0.5, 0.6) is 0 Å². The highest BCUT2D eigenvalue weighted by atomic mass is 16.5. The highest BCUT2D eigenvalue weighted by Gasteiger charge is 2.22. The molecule has 2 aromatic rings. The Bertz CT molecular complexity index is 1110. The van der Waals surface area contributed by atoms with Gasteiger partial charge < -0.3 is 20.1 Å². The van der Waals surface area contributed by atoms with Gasteiger partial charge in [-0.2, -0.15) is 0 Å². The van der Waals surface area contributed by atoms with E-state index in [1.807, 2.05) is 27.7 Å². The van der Waals surface area contributed by atoms with E-state index in [1.165, 1.54) is 26.4 Å². The Kier molecular flexibility index (Phi) is 11.5. The van der Waals surface area contributed by atoms with Crippen molar-refractivity contribution < 1.29 is 28.7 Å². The summed E-state index contributed by atoms with van der Waals surface area (Å²) >= 11 is 0. The van der Waals surface area contributed by atoms with Crippen molar-refractivity contribution in [1.82, 2.24) is 10.6 Å². The number of esters is 2. The summed E-state index contributed by atoms with van der Waals surface area (Å²) < 4.78 is 9.31. The molecule has 0 aliphatic heterocycles. The van der Waals surface area contributed by atoms with Gasteiger partial charge in [0.15, 0.2) is 0 Å². The predicted octanol–water partition coefficient (Wildman–Crippen LogP) is 4.32. The lowest BCUT2D eigenvalue weighted by Gasteiger charge is -2.21. The Labute approximate surface area is 224 Å². The number of methoxy groups -OCH3 is 2. The van der Waals surface area contributed by atoms with Gasteiger partial charge in [-0.05, 0) is 35.1 Å². The van der Waals surface area contributed by atoms with Crippen LogP contribution in [0.25, 0.3) is 11.1 Å². The Morgan fingerprint density at radius 2 is 0.974 bits per heavy atom. The van der Waals surface area contributed by atoms with Crippen LogP contribution < -0.4 is 10.6 Å². The first-order valence-corrected chi connectivity index (χ1v) is 12.4. The number of hydrogen-bond acceptors (Lipinski definition) is 6. The SMILES string of the molecule is COC(=O)/C=C/[C@@H](NC(=O)c1ccccc1-c1ccccc1C(=O)N[C@H](/C=C/C(=O)OC)C(C)C)C(C)C. The molecule has 2 amide bonds. The zero-order valence-electron chi connectivity index (χ0n) is 22.7. The average Bonchev–Trinajstić information content (AvgIpc) is 2.92. The van der Waals surface area contributed by atoms with Crippen LogP contribution >= 0.6 is 0 Å². The molecule has 0 saturated carbocycles. The minimum atomic E-state index is -0.508. The third-order valence-electron chi connectivity index (χ3n) is 5.95. The summed E-state index contributed by atoms with van der Waals surface area (Å²) in [6.07, 6.45) is 5.78. The molecular weight excluding hydrogens is 484 g/mol. The second-order valence-electron chi connectivity index (χ2n) is 9.34. The number of rotatable bonds is 11. The molecule has 2 rings (SSSR count). The Balaban J connectivity index is 2.41. The Hall–Kier alpha value is -4.20. The van der Waals surface area contributed by atoms with Crippen molar-refractivity contribution in [3.05, 3.63) is 84.0 Å². The van der Waals surface area contributed by atoms with Gasteiger partial charge in [0.05, 0.1) is 26.3 Å². The van der Waals surface area contributed by atoms with Gasteiger partial charge in [0.1, 0.15) is 0 Å². The minimum absolute atomic E-state index is 0.0103. The van der Waals surface area contributed by atoms with Gasteiger partial charge in [-0.1, -0.05) is 76.2 Å². The highest BCUT2D eigenvalue weighted by molar-refractivity contribution is 6.06. The van der Waals surface area contributed by atoms with Gasteiger partial charge in [0.25, 0.3) is 11.8 Å². The lowest BCUT2D eigenvalue weighted by molar-refractivity contribution is -0.135. The fourth-order valence-electron chi connectivity index (χ4n) is 3.66. The second kappa shape index (κ2) is 14.5. The van der Waals surface area contributed by atoms with Crippen LogP contribution in [-0.4, -0.2) is 50.1 Å². The van der Waals surface area contributed by atoms with E-state index >= 15 is 0 Å². The van der Waals surface area contributed by atoms with Gasteiger partial charge in [0.2, 0.25) is 0 Å². The number of benzene rings is 2. The monoisotopic (exact) mass is 520 g/mol. The van der Waals surface area contributed by atoms with Crippen LogP contribution in [0.15, 0.2) is 72.8 Å². The van der Waals surface area contributed by atoms with E-state index in [-0.39, 0.29) is 23.7 Å². The third kappa shape index (κ3) is 8.44. The largest absolute Gasteiger partial charge is 0.466 e. The maximum absolute atomic E-state index is 13.4. The topological polar surface area (TPSA) is 111 Å². The first-order valence-electron chi connectivity index (χ1n) is 12.4. The van der Waals surface area contributed by atoms with E-state index in [0.29, 0.717) is 22.3 Å². The van der Waals surface area contributed by atoms with Gasteiger partial charge in [0, 0.05) is 23.3 Å². The summed E-state index contributed by atoms with van der Waals surface area (Å²) in [5.74, 6) is -1.68. The van der Waals surface area contributed by atoms with Crippen molar-refractivity contribution in [3.8, 4) is 11.1 Å². The first kappa shape index (κ1) is 30.0. The van der Waals surface area contributed by atoms with Gasteiger partial charge in [-0.25, -0.2) is 9.59 Å². The molecule has 2 N–H and O–H groups in total. The minimum Gasteiger partial charge on any atom is -0.466 e. The zero-order chi connectivity index (χ0) is 28.2.